The van der Waals surface area contributed by atoms with Crippen molar-refractivity contribution in [3.05, 3.63) is 29.3 Å². The van der Waals surface area contributed by atoms with E-state index < -0.39 is 0 Å². The van der Waals surface area contributed by atoms with Crippen LogP contribution in [0.2, 0.25) is 0 Å². The summed E-state index contributed by atoms with van der Waals surface area (Å²) in [5.74, 6) is 5.82. The van der Waals surface area contributed by atoms with Crippen molar-refractivity contribution < 1.29 is 14.6 Å². The molecule has 0 saturated heterocycles. The number of aryl methyl sites for hydroxylation is 1. The van der Waals surface area contributed by atoms with Crippen LogP contribution in [0.1, 0.15) is 30.9 Å². The standard InChI is InChI=1S/C16H21NO3/c1-3-14-12-13(6-4-5-10-18)7-8-15(14)17-16(19)9-11-20-2/h7-8,12,18H,3,5,9-11H2,1-2H3,(H,17,19). The molecule has 1 amide bonds. The number of methoxy groups -OCH3 is 1. The molecule has 4 heteroatoms. The fourth-order valence-corrected chi connectivity index (χ4v) is 1.71. The van der Waals surface area contributed by atoms with Gasteiger partial charge in [-0.2, -0.15) is 0 Å². The smallest absolute Gasteiger partial charge is 0.226 e. The maximum absolute atomic E-state index is 11.7. The Kier molecular flexibility index (Phi) is 7.41. The highest BCUT2D eigenvalue weighted by Gasteiger charge is 2.06. The number of carbonyl (C=O) groups excluding carboxylic acids is 1. The third-order valence-corrected chi connectivity index (χ3v) is 2.76. The number of aliphatic hydroxyl groups is 1. The molecule has 0 bridgehead atoms. The van der Waals surface area contributed by atoms with Crippen molar-refractivity contribution in [3.8, 4) is 11.8 Å². The van der Waals surface area contributed by atoms with E-state index in [9.17, 15) is 4.79 Å². The third-order valence-electron chi connectivity index (χ3n) is 2.76. The first-order valence-electron chi connectivity index (χ1n) is 6.72. The van der Waals surface area contributed by atoms with E-state index in [2.05, 4.69) is 17.2 Å². The van der Waals surface area contributed by atoms with Crippen LogP contribution in [0.3, 0.4) is 0 Å². The van der Waals surface area contributed by atoms with E-state index in [-0.39, 0.29) is 12.5 Å². The molecule has 0 unspecified atom stereocenters. The normalized spacial score (nSPS) is 9.75. The lowest BCUT2D eigenvalue weighted by Gasteiger charge is -2.10. The van der Waals surface area contributed by atoms with Crippen LogP contribution in [0.25, 0.3) is 0 Å². The second-order valence-corrected chi connectivity index (χ2v) is 4.29. The second kappa shape index (κ2) is 9.13. The van der Waals surface area contributed by atoms with E-state index in [0.717, 1.165) is 23.2 Å². The van der Waals surface area contributed by atoms with E-state index in [1.54, 1.807) is 7.11 Å². The second-order valence-electron chi connectivity index (χ2n) is 4.29. The van der Waals surface area contributed by atoms with Gasteiger partial charge in [0.2, 0.25) is 5.91 Å². The fourth-order valence-electron chi connectivity index (χ4n) is 1.71. The zero-order valence-electron chi connectivity index (χ0n) is 12.0. The minimum absolute atomic E-state index is 0.0549. The molecule has 0 aliphatic carbocycles. The Labute approximate surface area is 120 Å². The Morgan fingerprint density at radius 1 is 1.45 bits per heavy atom. The van der Waals surface area contributed by atoms with Gasteiger partial charge in [-0.05, 0) is 30.2 Å². The first-order chi connectivity index (χ1) is 9.71. The number of benzene rings is 1. The Balaban J connectivity index is 2.78. The molecule has 0 aromatic heterocycles. The maximum atomic E-state index is 11.7. The van der Waals surface area contributed by atoms with Crippen LogP contribution in [-0.4, -0.2) is 31.3 Å². The van der Waals surface area contributed by atoms with Crippen molar-refractivity contribution in [2.24, 2.45) is 0 Å². The van der Waals surface area contributed by atoms with Crippen molar-refractivity contribution >= 4 is 11.6 Å². The summed E-state index contributed by atoms with van der Waals surface area (Å²) in [6.07, 6.45) is 1.63. The Morgan fingerprint density at radius 3 is 2.90 bits per heavy atom. The average molecular weight is 275 g/mol. The molecule has 0 spiro atoms. The number of nitrogens with one attached hydrogen (secondary N) is 1. The zero-order valence-corrected chi connectivity index (χ0v) is 12.0. The Bertz CT molecular complexity index is 500. The van der Waals surface area contributed by atoms with Crippen molar-refractivity contribution in [1.29, 1.82) is 0 Å². The van der Waals surface area contributed by atoms with Gasteiger partial charge in [0.25, 0.3) is 0 Å². The van der Waals surface area contributed by atoms with Crippen molar-refractivity contribution in [1.82, 2.24) is 0 Å². The summed E-state index contributed by atoms with van der Waals surface area (Å²) in [4.78, 5) is 11.7. The molecule has 0 radical (unpaired) electrons. The molecule has 1 rings (SSSR count). The first kappa shape index (κ1) is 16.2. The topological polar surface area (TPSA) is 58.6 Å². The summed E-state index contributed by atoms with van der Waals surface area (Å²) < 4.78 is 4.88. The monoisotopic (exact) mass is 275 g/mol. The molecule has 0 aliphatic heterocycles. The highest BCUT2D eigenvalue weighted by Crippen LogP contribution is 2.18. The number of hydrogen-bond acceptors (Lipinski definition) is 3. The van der Waals surface area contributed by atoms with Gasteiger partial charge in [-0.25, -0.2) is 0 Å². The number of rotatable bonds is 6. The minimum atomic E-state index is -0.0549. The van der Waals surface area contributed by atoms with Gasteiger partial charge in [-0.3, -0.25) is 4.79 Å². The zero-order chi connectivity index (χ0) is 14.8. The van der Waals surface area contributed by atoms with Gasteiger partial charge in [-0.15, -0.1) is 0 Å². The summed E-state index contributed by atoms with van der Waals surface area (Å²) in [6.45, 7) is 2.52. The van der Waals surface area contributed by atoms with Crippen LogP contribution in [0, 0.1) is 11.8 Å². The minimum Gasteiger partial charge on any atom is -0.395 e. The number of ether oxygens (including phenoxy) is 1. The van der Waals surface area contributed by atoms with Crippen molar-refractivity contribution in [2.45, 2.75) is 26.2 Å². The molecule has 1 aromatic carbocycles. The predicted octanol–water partition coefficient (Wildman–Crippen LogP) is 1.96. The van der Waals surface area contributed by atoms with Crippen LogP contribution in [0.15, 0.2) is 18.2 Å². The summed E-state index contributed by atoms with van der Waals surface area (Å²) in [6, 6.07) is 5.71. The van der Waals surface area contributed by atoms with Gasteiger partial charge < -0.3 is 15.2 Å². The molecule has 1 aromatic rings. The van der Waals surface area contributed by atoms with Gasteiger partial charge >= 0.3 is 0 Å². The molecular formula is C16H21NO3. The molecule has 2 N–H and O–H groups in total. The SMILES string of the molecule is CCc1cc(C#CCCO)ccc1NC(=O)CCOC. The van der Waals surface area contributed by atoms with Crippen LogP contribution >= 0.6 is 0 Å². The largest absolute Gasteiger partial charge is 0.395 e. The fraction of sp³-hybridized carbons (Fsp3) is 0.438. The van der Waals surface area contributed by atoms with E-state index in [0.29, 0.717) is 19.4 Å². The molecule has 4 nitrogen and oxygen atoms in total. The van der Waals surface area contributed by atoms with E-state index in [1.165, 1.54) is 0 Å². The van der Waals surface area contributed by atoms with Crippen LogP contribution in [0.5, 0.6) is 0 Å². The lowest BCUT2D eigenvalue weighted by atomic mass is 10.1. The molecule has 20 heavy (non-hydrogen) atoms. The Hall–Kier alpha value is -1.83. The number of hydrogen-bond donors (Lipinski definition) is 2. The number of carbonyl (C=O) groups is 1. The lowest BCUT2D eigenvalue weighted by molar-refractivity contribution is -0.117. The van der Waals surface area contributed by atoms with Crippen molar-refractivity contribution in [2.75, 3.05) is 25.6 Å². The highest BCUT2D eigenvalue weighted by molar-refractivity contribution is 5.91. The van der Waals surface area contributed by atoms with Gasteiger partial charge in [0.1, 0.15) is 0 Å². The van der Waals surface area contributed by atoms with Gasteiger partial charge in [0, 0.05) is 24.8 Å². The molecule has 0 atom stereocenters. The molecular weight excluding hydrogens is 254 g/mol. The van der Waals surface area contributed by atoms with Crippen LogP contribution in [-0.2, 0) is 16.0 Å². The summed E-state index contributed by atoms with van der Waals surface area (Å²) >= 11 is 0. The molecule has 0 saturated carbocycles. The van der Waals surface area contributed by atoms with Crippen molar-refractivity contribution in [3.63, 3.8) is 0 Å². The average Bonchev–Trinajstić information content (AvgIpc) is 2.46. The van der Waals surface area contributed by atoms with Gasteiger partial charge in [0.05, 0.1) is 19.6 Å². The lowest BCUT2D eigenvalue weighted by Crippen LogP contribution is -2.14. The molecule has 0 heterocycles. The Morgan fingerprint density at radius 2 is 2.25 bits per heavy atom. The van der Waals surface area contributed by atoms with Crippen LogP contribution < -0.4 is 5.32 Å². The number of anilines is 1. The quantitative estimate of drug-likeness (QED) is 0.780. The predicted molar refractivity (Wildman–Crippen MR) is 79.5 cm³/mol. The molecule has 0 aliphatic rings. The van der Waals surface area contributed by atoms with E-state index in [1.807, 2.05) is 25.1 Å². The molecule has 0 fully saturated rings. The number of aliphatic hydroxyl groups excluding tert-OH is 1. The third kappa shape index (κ3) is 5.43. The van der Waals surface area contributed by atoms with E-state index in [4.69, 9.17) is 9.84 Å². The van der Waals surface area contributed by atoms with Gasteiger partial charge in [0.15, 0.2) is 0 Å². The van der Waals surface area contributed by atoms with E-state index >= 15 is 0 Å². The number of amides is 1. The molecule has 108 valence electrons. The van der Waals surface area contributed by atoms with Gasteiger partial charge in [-0.1, -0.05) is 18.8 Å². The highest BCUT2D eigenvalue weighted by atomic mass is 16.5. The summed E-state index contributed by atoms with van der Waals surface area (Å²) in [7, 11) is 1.57. The maximum Gasteiger partial charge on any atom is 0.226 e. The summed E-state index contributed by atoms with van der Waals surface area (Å²) in [5.41, 5.74) is 2.76. The first-order valence-corrected chi connectivity index (χ1v) is 6.72. The summed E-state index contributed by atoms with van der Waals surface area (Å²) in [5, 5.41) is 11.6. The van der Waals surface area contributed by atoms with Crippen LogP contribution in [0.4, 0.5) is 5.69 Å².